The first-order valence-electron chi connectivity index (χ1n) is 19.4. The van der Waals surface area contributed by atoms with Crippen LogP contribution in [0.3, 0.4) is 0 Å². The summed E-state index contributed by atoms with van der Waals surface area (Å²) in [5.74, 6) is -0.498. The van der Waals surface area contributed by atoms with E-state index in [0.29, 0.717) is 25.9 Å². The van der Waals surface area contributed by atoms with E-state index in [1.165, 1.54) is 154 Å². The van der Waals surface area contributed by atoms with E-state index in [9.17, 15) is 9.59 Å². The van der Waals surface area contributed by atoms with Crippen molar-refractivity contribution in [2.75, 3.05) is 26.2 Å². The van der Waals surface area contributed by atoms with Crippen molar-refractivity contribution in [1.82, 2.24) is 16.0 Å². The van der Waals surface area contributed by atoms with E-state index < -0.39 is 5.97 Å². The molecule has 0 rings (SSSR count). The molecule has 0 bridgehead atoms. The second kappa shape index (κ2) is 40.4. The smallest absolute Gasteiger partial charge is 0.300 e. The second-order valence-corrected chi connectivity index (χ2v) is 13.0. The van der Waals surface area contributed by atoms with Crippen LogP contribution in [0.5, 0.6) is 0 Å². The molecule has 7 nitrogen and oxygen atoms in total. The predicted molar refractivity (Wildman–Crippen MR) is 193 cm³/mol. The second-order valence-electron chi connectivity index (χ2n) is 13.0. The molecule has 45 heavy (non-hydrogen) atoms. The van der Waals surface area contributed by atoms with Crippen molar-refractivity contribution in [2.24, 2.45) is 0 Å². The Labute approximate surface area is 279 Å². The number of rotatable bonds is 34. The third-order valence-electron chi connectivity index (χ3n) is 8.26. The highest BCUT2D eigenvalue weighted by atomic mass is 16.4. The van der Waals surface area contributed by atoms with Gasteiger partial charge in [0.15, 0.2) is 0 Å². The first-order chi connectivity index (χ1) is 21.9. The molecule has 0 fully saturated rings. The third-order valence-corrected chi connectivity index (χ3v) is 8.26. The van der Waals surface area contributed by atoms with Gasteiger partial charge in [-0.3, -0.25) is 14.4 Å². The Kier molecular flexibility index (Phi) is 40.8. The molecule has 0 saturated heterocycles. The van der Waals surface area contributed by atoms with Crippen LogP contribution in [0.4, 0.5) is 0 Å². The molecule has 0 unspecified atom stereocenters. The van der Waals surface area contributed by atoms with Crippen molar-refractivity contribution >= 4 is 17.8 Å². The number of unbranched alkanes of at least 4 members (excludes halogenated alkanes) is 24. The topological polar surface area (TPSA) is 108 Å². The molecule has 0 heterocycles. The zero-order valence-electron chi connectivity index (χ0n) is 30.3. The molecule has 7 heteroatoms. The van der Waals surface area contributed by atoms with E-state index in [1.54, 1.807) is 0 Å². The van der Waals surface area contributed by atoms with E-state index >= 15 is 0 Å². The van der Waals surface area contributed by atoms with Crippen molar-refractivity contribution in [2.45, 2.75) is 201 Å². The standard InChI is InChI=1S/C36H73N3O2.C2H4O2/c1-3-5-7-9-11-13-15-17-19-21-23-25-27-29-35(40)38-33-31-37-32-34-39-36(41)30-28-26-24-22-20-18-16-14-12-10-8-6-4-2;1-2(3)4/h37H,3-34H2,1-2H3,(H,38,40)(H,39,41);1H3,(H,3,4). The summed E-state index contributed by atoms with van der Waals surface area (Å²) in [5, 5.41) is 16.7. The van der Waals surface area contributed by atoms with Gasteiger partial charge in [0.1, 0.15) is 0 Å². The SMILES string of the molecule is CC(=O)O.CCCCCCCCCCCCCCCC(=O)NCCNCCNC(=O)CCCCCCCCCCCCCCC. The van der Waals surface area contributed by atoms with Crippen molar-refractivity contribution < 1.29 is 19.5 Å². The van der Waals surface area contributed by atoms with Gasteiger partial charge < -0.3 is 21.1 Å². The fourth-order valence-electron chi connectivity index (χ4n) is 5.49. The van der Waals surface area contributed by atoms with Gasteiger partial charge in [-0.1, -0.05) is 168 Å². The summed E-state index contributed by atoms with van der Waals surface area (Å²) in [5.41, 5.74) is 0. The maximum atomic E-state index is 12.0. The number of hydrogen-bond acceptors (Lipinski definition) is 4. The molecule has 268 valence electrons. The molecular formula is C38H77N3O4. The van der Waals surface area contributed by atoms with Gasteiger partial charge in [-0.05, 0) is 12.8 Å². The molecule has 0 saturated carbocycles. The minimum absolute atomic E-state index is 0.168. The number of amides is 2. The first kappa shape index (κ1) is 45.5. The van der Waals surface area contributed by atoms with Gasteiger partial charge >= 0.3 is 0 Å². The molecule has 0 aromatic carbocycles. The van der Waals surface area contributed by atoms with E-state index in [4.69, 9.17) is 9.90 Å². The van der Waals surface area contributed by atoms with Crippen molar-refractivity contribution in [3.05, 3.63) is 0 Å². The molecule has 4 N–H and O–H groups in total. The van der Waals surface area contributed by atoms with Crippen LogP contribution in [0.15, 0.2) is 0 Å². The Hall–Kier alpha value is -1.63. The third kappa shape index (κ3) is 46.9. The van der Waals surface area contributed by atoms with Gasteiger partial charge in [0.05, 0.1) is 0 Å². The number of hydrogen-bond donors (Lipinski definition) is 4. The van der Waals surface area contributed by atoms with Crippen LogP contribution in [-0.4, -0.2) is 49.1 Å². The molecule has 0 aliphatic carbocycles. The van der Waals surface area contributed by atoms with Gasteiger partial charge in [-0.25, -0.2) is 0 Å². The molecular weight excluding hydrogens is 562 g/mol. The fourth-order valence-corrected chi connectivity index (χ4v) is 5.49. The lowest BCUT2D eigenvalue weighted by Gasteiger charge is -2.08. The molecule has 0 atom stereocenters. The summed E-state index contributed by atoms with van der Waals surface area (Å²) in [4.78, 5) is 33.0. The normalized spacial score (nSPS) is 10.7. The monoisotopic (exact) mass is 640 g/mol. The maximum Gasteiger partial charge on any atom is 0.300 e. The zero-order valence-corrected chi connectivity index (χ0v) is 30.3. The highest BCUT2D eigenvalue weighted by Gasteiger charge is 2.02. The number of carboxylic acid groups (broad SMARTS) is 1. The molecule has 0 aliphatic rings. The average molecular weight is 640 g/mol. The van der Waals surface area contributed by atoms with E-state index in [2.05, 4.69) is 29.8 Å². The summed E-state index contributed by atoms with van der Waals surface area (Å²) in [6, 6.07) is 0. The Balaban J connectivity index is 0. The number of aliphatic carboxylic acids is 1. The van der Waals surface area contributed by atoms with Crippen molar-refractivity contribution in [3.63, 3.8) is 0 Å². The molecule has 0 radical (unpaired) electrons. The van der Waals surface area contributed by atoms with Crippen LogP contribution in [0, 0.1) is 0 Å². The predicted octanol–water partition coefficient (Wildman–Crippen LogP) is 9.86. The van der Waals surface area contributed by atoms with E-state index in [1.807, 2.05) is 0 Å². The van der Waals surface area contributed by atoms with Crippen LogP contribution in [0.1, 0.15) is 201 Å². The summed E-state index contributed by atoms with van der Waals surface area (Å²) >= 11 is 0. The molecule has 2 amide bonds. The number of carboxylic acids is 1. The summed E-state index contributed by atoms with van der Waals surface area (Å²) in [6.07, 6.45) is 35.8. The Morgan fingerprint density at radius 2 is 0.622 bits per heavy atom. The highest BCUT2D eigenvalue weighted by molar-refractivity contribution is 5.76. The lowest BCUT2D eigenvalue weighted by Crippen LogP contribution is -2.36. The van der Waals surface area contributed by atoms with Crippen LogP contribution in [-0.2, 0) is 14.4 Å². The molecule has 0 spiro atoms. The minimum atomic E-state index is -0.833. The van der Waals surface area contributed by atoms with Crippen LogP contribution < -0.4 is 16.0 Å². The van der Waals surface area contributed by atoms with Crippen molar-refractivity contribution in [1.29, 1.82) is 0 Å². The minimum Gasteiger partial charge on any atom is -0.481 e. The fraction of sp³-hybridized carbons (Fsp3) is 0.921. The molecule has 0 aromatic heterocycles. The summed E-state index contributed by atoms with van der Waals surface area (Å²) < 4.78 is 0. The Morgan fingerprint density at radius 1 is 0.400 bits per heavy atom. The lowest BCUT2D eigenvalue weighted by molar-refractivity contribution is -0.134. The number of carbonyl (C=O) groups is 3. The van der Waals surface area contributed by atoms with Gasteiger partial charge in [-0.2, -0.15) is 0 Å². The number of carbonyl (C=O) groups excluding carboxylic acids is 2. The Morgan fingerprint density at radius 3 is 0.867 bits per heavy atom. The van der Waals surface area contributed by atoms with E-state index in [-0.39, 0.29) is 11.8 Å². The van der Waals surface area contributed by atoms with Gasteiger partial charge in [0.25, 0.3) is 5.97 Å². The van der Waals surface area contributed by atoms with Gasteiger partial charge in [0.2, 0.25) is 11.8 Å². The average Bonchev–Trinajstić information content (AvgIpc) is 3.01. The summed E-state index contributed by atoms with van der Waals surface area (Å²) in [6.45, 7) is 8.45. The maximum absolute atomic E-state index is 12.0. The molecule has 0 aromatic rings. The van der Waals surface area contributed by atoms with Gasteiger partial charge in [0, 0.05) is 45.9 Å². The first-order valence-corrected chi connectivity index (χ1v) is 19.4. The summed E-state index contributed by atoms with van der Waals surface area (Å²) in [7, 11) is 0. The van der Waals surface area contributed by atoms with Gasteiger partial charge in [-0.15, -0.1) is 0 Å². The lowest BCUT2D eigenvalue weighted by atomic mass is 10.0. The largest absolute Gasteiger partial charge is 0.481 e. The number of nitrogens with one attached hydrogen (secondary N) is 3. The zero-order chi connectivity index (χ0) is 33.5. The van der Waals surface area contributed by atoms with Crippen LogP contribution in [0.25, 0.3) is 0 Å². The van der Waals surface area contributed by atoms with Crippen LogP contribution >= 0.6 is 0 Å². The van der Waals surface area contributed by atoms with Crippen molar-refractivity contribution in [3.8, 4) is 0 Å². The van der Waals surface area contributed by atoms with E-state index in [0.717, 1.165) is 32.9 Å². The Bertz CT molecular complexity index is 580. The molecule has 0 aliphatic heterocycles. The van der Waals surface area contributed by atoms with Crippen LogP contribution in [0.2, 0.25) is 0 Å². The highest BCUT2D eigenvalue weighted by Crippen LogP contribution is 2.14. The quantitative estimate of drug-likeness (QED) is 0.0524.